The molecule has 1 aliphatic carbocycles. The predicted molar refractivity (Wildman–Crippen MR) is 100 cm³/mol. The van der Waals surface area contributed by atoms with Crippen LogP contribution in [0.4, 0.5) is 0 Å². The molecule has 0 spiro atoms. The van der Waals surface area contributed by atoms with E-state index in [2.05, 4.69) is 38.1 Å². The fourth-order valence-corrected chi connectivity index (χ4v) is 3.69. The fourth-order valence-electron chi connectivity index (χ4n) is 3.69. The Kier molecular flexibility index (Phi) is 4.23. The van der Waals surface area contributed by atoms with E-state index in [4.69, 9.17) is 14.7 Å². The minimum atomic E-state index is -0.336. The van der Waals surface area contributed by atoms with Gasteiger partial charge in [0, 0.05) is 24.0 Å². The van der Waals surface area contributed by atoms with Crippen LogP contribution in [0, 0.1) is 0 Å². The Hall–Kier alpha value is -2.69. The molecule has 134 valence electrons. The number of rotatable bonds is 3. The van der Waals surface area contributed by atoms with E-state index in [9.17, 15) is 4.79 Å². The van der Waals surface area contributed by atoms with Crippen molar-refractivity contribution >= 4 is 11.6 Å². The number of imidazole rings is 1. The van der Waals surface area contributed by atoms with Crippen LogP contribution >= 0.6 is 0 Å². The molecule has 2 heterocycles. The summed E-state index contributed by atoms with van der Waals surface area (Å²) in [5.74, 6) is 0.379. The summed E-state index contributed by atoms with van der Waals surface area (Å²) in [7, 11) is 0. The van der Waals surface area contributed by atoms with Crippen molar-refractivity contribution in [2.45, 2.75) is 52.4 Å². The molecule has 0 N–H and O–H groups in total. The number of benzene rings is 1. The van der Waals surface area contributed by atoms with Crippen LogP contribution in [0.2, 0.25) is 0 Å². The molecule has 0 aliphatic heterocycles. The predicted octanol–water partition coefficient (Wildman–Crippen LogP) is 4.32. The maximum Gasteiger partial charge on any atom is 0.309 e. The molecule has 0 bridgehead atoms. The van der Waals surface area contributed by atoms with Crippen molar-refractivity contribution in [2.24, 2.45) is 0 Å². The highest BCUT2D eigenvalue weighted by Crippen LogP contribution is 2.36. The number of fused-ring (bicyclic) bond motifs is 5. The van der Waals surface area contributed by atoms with Crippen LogP contribution in [0.3, 0.4) is 0 Å². The van der Waals surface area contributed by atoms with Crippen molar-refractivity contribution in [3.8, 4) is 17.1 Å². The molecule has 0 saturated carbocycles. The molecule has 0 saturated heterocycles. The second kappa shape index (κ2) is 6.56. The Morgan fingerprint density at radius 2 is 2.12 bits per heavy atom. The summed E-state index contributed by atoms with van der Waals surface area (Å²) in [5, 5.41) is 0. The average molecular weight is 349 g/mol. The number of carbonyl (C=O) groups excluding carboxylic acids is 1. The van der Waals surface area contributed by atoms with E-state index < -0.39 is 0 Å². The van der Waals surface area contributed by atoms with Gasteiger partial charge < -0.3 is 4.74 Å². The molecule has 1 atom stereocenters. The van der Waals surface area contributed by atoms with Crippen molar-refractivity contribution in [1.29, 1.82) is 0 Å². The van der Waals surface area contributed by atoms with Crippen LogP contribution in [0.15, 0.2) is 30.6 Å². The average Bonchev–Trinajstić information content (AvgIpc) is 2.88. The summed E-state index contributed by atoms with van der Waals surface area (Å²) in [6.45, 7) is 5.64. The van der Waals surface area contributed by atoms with E-state index in [0.717, 1.165) is 48.3 Å². The third-order valence-corrected chi connectivity index (χ3v) is 5.22. The van der Waals surface area contributed by atoms with Gasteiger partial charge >= 0.3 is 5.97 Å². The highest BCUT2D eigenvalue weighted by atomic mass is 16.5. The number of aryl methyl sites for hydroxylation is 2. The molecule has 1 unspecified atom stereocenters. The minimum absolute atomic E-state index is 0.206. The van der Waals surface area contributed by atoms with E-state index >= 15 is 0 Å². The zero-order valence-electron chi connectivity index (χ0n) is 15.5. The lowest BCUT2D eigenvalue weighted by Crippen LogP contribution is -2.07. The second-order valence-electron chi connectivity index (χ2n) is 6.98. The number of carbonyl (C=O) groups is 1. The van der Waals surface area contributed by atoms with Crippen LogP contribution in [-0.4, -0.2) is 20.3 Å². The molecule has 0 radical (unpaired) electrons. The minimum Gasteiger partial charge on any atom is -0.407 e. The Morgan fingerprint density at radius 3 is 2.88 bits per heavy atom. The van der Waals surface area contributed by atoms with Crippen molar-refractivity contribution in [1.82, 2.24) is 14.4 Å². The van der Waals surface area contributed by atoms with E-state index in [1.807, 2.05) is 4.40 Å². The van der Waals surface area contributed by atoms with Crippen LogP contribution in [0.25, 0.3) is 16.9 Å². The summed E-state index contributed by atoms with van der Waals surface area (Å²) in [6, 6.07) is 8.45. The molecule has 2 aromatic heterocycles. The molecular weight excluding hydrogens is 326 g/mol. The van der Waals surface area contributed by atoms with E-state index in [1.165, 1.54) is 18.1 Å². The van der Waals surface area contributed by atoms with Gasteiger partial charge in [-0.25, -0.2) is 9.97 Å². The number of ether oxygens (including phenoxy) is 1. The first-order valence-electron chi connectivity index (χ1n) is 9.26. The first kappa shape index (κ1) is 16.8. The Balaban J connectivity index is 1.99. The van der Waals surface area contributed by atoms with Gasteiger partial charge in [-0.2, -0.15) is 0 Å². The lowest BCUT2D eigenvalue weighted by Gasteiger charge is -2.10. The lowest BCUT2D eigenvalue weighted by atomic mass is 10.0. The van der Waals surface area contributed by atoms with Gasteiger partial charge in [-0.05, 0) is 31.2 Å². The largest absolute Gasteiger partial charge is 0.407 e. The summed E-state index contributed by atoms with van der Waals surface area (Å²) in [6.07, 6.45) is 5.68. The van der Waals surface area contributed by atoms with Gasteiger partial charge in [0.25, 0.3) is 0 Å². The maximum absolute atomic E-state index is 11.6. The topological polar surface area (TPSA) is 56.5 Å². The van der Waals surface area contributed by atoms with Gasteiger partial charge in [-0.15, -0.1) is 0 Å². The molecule has 1 aliphatic rings. The quantitative estimate of drug-likeness (QED) is 0.661. The molecular formula is C21H23N3O2. The number of aromatic nitrogens is 3. The molecule has 26 heavy (non-hydrogen) atoms. The van der Waals surface area contributed by atoms with Gasteiger partial charge in [0.2, 0.25) is 5.88 Å². The molecule has 5 nitrogen and oxygen atoms in total. The SMILES string of the molecule is CCC(C)c1nc2c3c(ncn2c1OC(C)=O)-c1ccccc1CCC3. The van der Waals surface area contributed by atoms with Gasteiger partial charge in [0.05, 0.1) is 5.69 Å². The van der Waals surface area contributed by atoms with Gasteiger partial charge in [0.15, 0.2) is 0 Å². The molecule has 4 rings (SSSR count). The Morgan fingerprint density at radius 1 is 1.31 bits per heavy atom. The summed E-state index contributed by atoms with van der Waals surface area (Å²) >= 11 is 0. The highest BCUT2D eigenvalue weighted by molar-refractivity contribution is 5.75. The van der Waals surface area contributed by atoms with Crippen LogP contribution < -0.4 is 4.74 Å². The number of hydrogen-bond donors (Lipinski definition) is 0. The van der Waals surface area contributed by atoms with Crippen molar-refractivity contribution in [3.05, 3.63) is 47.4 Å². The molecule has 1 aromatic carbocycles. The Labute approximate surface area is 153 Å². The second-order valence-corrected chi connectivity index (χ2v) is 6.98. The van der Waals surface area contributed by atoms with Crippen molar-refractivity contribution in [2.75, 3.05) is 0 Å². The number of hydrogen-bond acceptors (Lipinski definition) is 4. The van der Waals surface area contributed by atoms with Crippen LogP contribution in [0.5, 0.6) is 5.88 Å². The number of esters is 1. The summed E-state index contributed by atoms with van der Waals surface area (Å²) in [5.41, 5.74) is 6.34. The molecule has 5 heteroatoms. The van der Waals surface area contributed by atoms with Crippen molar-refractivity contribution < 1.29 is 9.53 Å². The number of nitrogens with zero attached hydrogens (tertiary/aromatic N) is 3. The van der Waals surface area contributed by atoms with Crippen LogP contribution in [-0.2, 0) is 17.6 Å². The smallest absolute Gasteiger partial charge is 0.309 e. The maximum atomic E-state index is 11.6. The highest BCUT2D eigenvalue weighted by Gasteiger charge is 2.25. The normalized spacial score (nSPS) is 14.4. The first-order chi connectivity index (χ1) is 12.6. The zero-order chi connectivity index (χ0) is 18.3. The summed E-state index contributed by atoms with van der Waals surface area (Å²) in [4.78, 5) is 21.3. The van der Waals surface area contributed by atoms with Gasteiger partial charge in [-0.1, -0.05) is 38.1 Å². The van der Waals surface area contributed by atoms with E-state index in [-0.39, 0.29) is 11.9 Å². The fraction of sp³-hybridized carbons (Fsp3) is 0.381. The third-order valence-electron chi connectivity index (χ3n) is 5.22. The van der Waals surface area contributed by atoms with E-state index in [0.29, 0.717) is 5.88 Å². The third kappa shape index (κ3) is 2.68. The molecule has 0 fully saturated rings. The van der Waals surface area contributed by atoms with Crippen LogP contribution in [0.1, 0.15) is 56.4 Å². The summed E-state index contributed by atoms with van der Waals surface area (Å²) < 4.78 is 7.38. The standard InChI is InChI=1S/C21H23N3O2/c1-4-13(2)18-21(26-14(3)25)24-12-22-19-16-10-6-5-8-15(16)9-7-11-17(19)20(24)23-18/h5-6,8,10,12-13H,4,7,9,11H2,1-3H3. The zero-order valence-corrected chi connectivity index (χ0v) is 15.5. The van der Waals surface area contributed by atoms with Gasteiger partial charge in [-0.3, -0.25) is 9.20 Å². The monoisotopic (exact) mass is 349 g/mol. The molecule has 3 aromatic rings. The lowest BCUT2D eigenvalue weighted by molar-refractivity contribution is -0.132. The van der Waals surface area contributed by atoms with E-state index in [1.54, 1.807) is 6.33 Å². The Bertz CT molecular complexity index is 990. The van der Waals surface area contributed by atoms with Crippen molar-refractivity contribution in [3.63, 3.8) is 0 Å². The first-order valence-corrected chi connectivity index (χ1v) is 9.26. The molecule has 0 amide bonds. The van der Waals surface area contributed by atoms with Gasteiger partial charge in [0.1, 0.15) is 17.7 Å².